The van der Waals surface area contributed by atoms with Gasteiger partial charge in [-0.2, -0.15) is 0 Å². The second kappa shape index (κ2) is 5.24. The number of aryl methyl sites for hydroxylation is 1. The zero-order valence-electron chi connectivity index (χ0n) is 10.2. The lowest BCUT2D eigenvalue weighted by Crippen LogP contribution is -2.11. The van der Waals surface area contributed by atoms with Crippen LogP contribution in [0.5, 0.6) is 0 Å². The monoisotopic (exact) mass is 274 g/mol. The summed E-state index contributed by atoms with van der Waals surface area (Å²) in [5.74, 6) is -1.55. The van der Waals surface area contributed by atoms with E-state index in [0.29, 0.717) is 11.1 Å². The Kier molecular flexibility index (Phi) is 3.67. The van der Waals surface area contributed by atoms with E-state index in [1.807, 2.05) is 0 Å². The van der Waals surface area contributed by atoms with Crippen LogP contribution in [0.25, 0.3) is 0 Å². The number of aromatic carboxylic acids is 1. The Bertz CT molecular complexity index is 648. The van der Waals surface area contributed by atoms with Gasteiger partial charge in [0, 0.05) is 11.1 Å². The molecular weight excluding hydrogens is 264 g/mol. The Hall–Kier alpha value is -2.13. The van der Waals surface area contributed by atoms with E-state index < -0.39 is 5.97 Å². The second-order valence-corrected chi connectivity index (χ2v) is 4.50. The highest BCUT2D eigenvalue weighted by Crippen LogP contribution is 2.26. The van der Waals surface area contributed by atoms with Crippen molar-refractivity contribution in [1.82, 2.24) is 0 Å². The van der Waals surface area contributed by atoms with Crippen molar-refractivity contribution in [3.63, 3.8) is 0 Å². The average Bonchev–Trinajstić information content (AvgIpc) is 2.41. The second-order valence-electron chi connectivity index (χ2n) is 4.12. The fourth-order valence-corrected chi connectivity index (χ4v) is 2.07. The molecule has 2 aromatic rings. The van der Waals surface area contributed by atoms with E-state index in [9.17, 15) is 14.7 Å². The van der Waals surface area contributed by atoms with Gasteiger partial charge < -0.3 is 5.11 Å². The molecule has 3 nitrogen and oxygen atoms in total. The molecule has 2 aromatic carbocycles. The van der Waals surface area contributed by atoms with E-state index in [1.54, 1.807) is 43.3 Å². The van der Waals surface area contributed by atoms with Crippen molar-refractivity contribution in [2.75, 3.05) is 0 Å². The lowest BCUT2D eigenvalue weighted by atomic mass is 9.96. The molecule has 0 amide bonds. The van der Waals surface area contributed by atoms with Crippen LogP contribution in [-0.4, -0.2) is 16.9 Å². The minimum atomic E-state index is -1.20. The van der Waals surface area contributed by atoms with Gasteiger partial charge in [-0.25, -0.2) is 4.79 Å². The predicted molar refractivity (Wildman–Crippen MR) is 73.0 cm³/mol. The van der Waals surface area contributed by atoms with Crippen LogP contribution in [0.1, 0.15) is 31.8 Å². The topological polar surface area (TPSA) is 54.4 Å². The van der Waals surface area contributed by atoms with Crippen molar-refractivity contribution < 1.29 is 14.7 Å². The number of hydrogen-bond acceptors (Lipinski definition) is 2. The highest BCUT2D eigenvalue weighted by molar-refractivity contribution is 6.35. The third-order valence-corrected chi connectivity index (χ3v) is 3.32. The quantitative estimate of drug-likeness (QED) is 0.871. The first-order valence-electron chi connectivity index (χ1n) is 5.64. The van der Waals surface area contributed by atoms with E-state index in [-0.39, 0.29) is 21.9 Å². The van der Waals surface area contributed by atoms with Gasteiger partial charge >= 0.3 is 5.97 Å². The molecule has 4 heteroatoms. The molecule has 0 aliphatic rings. The Labute approximate surface area is 115 Å². The first-order chi connectivity index (χ1) is 9.02. The van der Waals surface area contributed by atoms with Crippen LogP contribution >= 0.6 is 11.6 Å². The number of halogens is 1. The fourth-order valence-electron chi connectivity index (χ4n) is 1.82. The van der Waals surface area contributed by atoms with Crippen LogP contribution in [0, 0.1) is 6.92 Å². The Balaban J connectivity index is 2.61. The van der Waals surface area contributed by atoms with Crippen LogP contribution in [0.15, 0.2) is 42.5 Å². The summed E-state index contributed by atoms with van der Waals surface area (Å²) in [4.78, 5) is 23.6. The maximum Gasteiger partial charge on any atom is 0.337 e. The van der Waals surface area contributed by atoms with E-state index >= 15 is 0 Å². The van der Waals surface area contributed by atoms with Crippen molar-refractivity contribution in [1.29, 1.82) is 0 Å². The summed E-state index contributed by atoms with van der Waals surface area (Å²) in [6.07, 6.45) is 0. The summed E-state index contributed by atoms with van der Waals surface area (Å²) < 4.78 is 0. The molecule has 0 saturated carbocycles. The number of carboxylic acid groups (broad SMARTS) is 1. The molecule has 0 spiro atoms. The third-order valence-electron chi connectivity index (χ3n) is 2.83. The minimum absolute atomic E-state index is 0.106. The summed E-state index contributed by atoms with van der Waals surface area (Å²) in [5.41, 5.74) is 1.03. The smallest absolute Gasteiger partial charge is 0.337 e. The standard InChI is InChI=1S/C15H11ClO3/c1-9-7-8-11(12(13(9)16)15(18)19)14(17)10-5-3-2-4-6-10/h2-8H,1H3,(H,18,19). The Morgan fingerprint density at radius 3 is 2.26 bits per heavy atom. The number of hydrogen-bond donors (Lipinski definition) is 1. The van der Waals surface area contributed by atoms with Crippen LogP contribution in [0.3, 0.4) is 0 Å². The highest BCUT2D eigenvalue weighted by Gasteiger charge is 2.21. The number of ketones is 1. The molecule has 0 aliphatic heterocycles. The van der Waals surface area contributed by atoms with Crippen LogP contribution in [-0.2, 0) is 0 Å². The Morgan fingerprint density at radius 1 is 1.05 bits per heavy atom. The molecule has 19 heavy (non-hydrogen) atoms. The number of benzene rings is 2. The number of carboxylic acids is 1. The van der Waals surface area contributed by atoms with Gasteiger partial charge in [-0.3, -0.25) is 4.79 Å². The predicted octanol–water partition coefficient (Wildman–Crippen LogP) is 3.58. The lowest BCUT2D eigenvalue weighted by Gasteiger charge is -2.09. The van der Waals surface area contributed by atoms with E-state index in [4.69, 9.17) is 11.6 Å². The molecule has 0 aliphatic carbocycles. The van der Waals surface area contributed by atoms with Gasteiger partial charge in [-0.1, -0.05) is 48.0 Å². The van der Waals surface area contributed by atoms with Crippen molar-refractivity contribution in [3.8, 4) is 0 Å². The van der Waals surface area contributed by atoms with Crippen molar-refractivity contribution in [2.24, 2.45) is 0 Å². The molecule has 0 heterocycles. The summed E-state index contributed by atoms with van der Waals surface area (Å²) in [6, 6.07) is 11.7. The molecular formula is C15H11ClO3. The summed E-state index contributed by atoms with van der Waals surface area (Å²) in [5, 5.41) is 9.34. The van der Waals surface area contributed by atoms with E-state index in [2.05, 4.69) is 0 Å². The maximum atomic E-state index is 12.3. The Morgan fingerprint density at radius 2 is 1.68 bits per heavy atom. The van der Waals surface area contributed by atoms with Gasteiger partial charge in [-0.15, -0.1) is 0 Å². The zero-order valence-corrected chi connectivity index (χ0v) is 10.9. The molecule has 0 saturated heterocycles. The first-order valence-corrected chi connectivity index (χ1v) is 6.02. The van der Waals surface area contributed by atoms with Crippen LogP contribution in [0.2, 0.25) is 5.02 Å². The molecule has 0 aromatic heterocycles. The maximum absolute atomic E-state index is 12.3. The fraction of sp³-hybridized carbons (Fsp3) is 0.0667. The summed E-state index contributed by atoms with van der Waals surface area (Å²) in [7, 11) is 0. The van der Waals surface area contributed by atoms with E-state index in [0.717, 1.165) is 0 Å². The van der Waals surface area contributed by atoms with E-state index in [1.165, 1.54) is 6.07 Å². The summed E-state index contributed by atoms with van der Waals surface area (Å²) >= 11 is 5.99. The van der Waals surface area contributed by atoms with Crippen molar-refractivity contribution in [3.05, 3.63) is 69.7 Å². The largest absolute Gasteiger partial charge is 0.478 e. The van der Waals surface area contributed by atoms with Gasteiger partial charge in [0.2, 0.25) is 0 Å². The molecule has 0 atom stereocenters. The molecule has 0 bridgehead atoms. The molecule has 0 fully saturated rings. The summed E-state index contributed by atoms with van der Waals surface area (Å²) in [6.45, 7) is 1.70. The molecule has 0 unspecified atom stereocenters. The number of carbonyl (C=O) groups excluding carboxylic acids is 1. The van der Waals surface area contributed by atoms with Gasteiger partial charge in [-0.05, 0) is 18.6 Å². The van der Waals surface area contributed by atoms with Crippen molar-refractivity contribution >= 4 is 23.4 Å². The van der Waals surface area contributed by atoms with Crippen LogP contribution < -0.4 is 0 Å². The van der Waals surface area contributed by atoms with Crippen LogP contribution in [0.4, 0.5) is 0 Å². The van der Waals surface area contributed by atoms with Gasteiger partial charge in [0.1, 0.15) is 0 Å². The number of rotatable bonds is 3. The molecule has 2 rings (SSSR count). The lowest BCUT2D eigenvalue weighted by molar-refractivity contribution is 0.0693. The third kappa shape index (κ3) is 2.51. The van der Waals surface area contributed by atoms with Gasteiger partial charge in [0.15, 0.2) is 5.78 Å². The molecule has 1 N–H and O–H groups in total. The SMILES string of the molecule is Cc1ccc(C(=O)c2ccccc2)c(C(=O)O)c1Cl. The molecule has 0 radical (unpaired) electrons. The zero-order chi connectivity index (χ0) is 14.0. The normalized spacial score (nSPS) is 10.2. The molecule has 96 valence electrons. The average molecular weight is 275 g/mol. The van der Waals surface area contributed by atoms with Gasteiger partial charge in [0.05, 0.1) is 10.6 Å². The number of carbonyl (C=O) groups is 2. The highest BCUT2D eigenvalue weighted by atomic mass is 35.5. The minimum Gasteiger partial charge on any atom is -0.478 e. The van der Waals surface area contributed by atoms with Gasteiger partial charge in [0.25, 0.3) is 0 Å². The first kappa shape index (κ1) is 13.3. The van der Waals surface area contributed by atoms with Crippen molar-refractivity contribution in [2.45, 2.75) is 6.92 Å².